The van der Waals surface area contributed by atoms with Crippen LogP contribution in [0.2, 0.25) is 0 Å². The Kier molecular flexibility index (Phi) is 5.73. The number of hydrogen-bond donors (Lipinski definition) is 3. The lowest BCUT2D eigenvalue weighted by molar-refractivity contribution is -0.124. The minimum absolute atomic E-state index is 0.282. The first-order chi connectivity index (χ1) is 11.4. The normalized spacial score (nSPS) is 11.4. The highest BCUT2D eigenvalue weighted by molar-refractivity contribution is 7.90. The third-order valence-corrected chi connectivity index (χ3v) is 4.45. The van der Waals surface area contributed by atoms with Crippen molar-refractivity contribution in [2.75, 3.05) is 11.6 Å². The van der Waals surface area contributed by atoms with Gasteiger partial charge >= 0.3 is 0 Å². The van der Waals surface area contributed by atoms with E-state index in [0.29, 0.717) is 6.54 Å². The average Bonchev–Trinajstić information content (AvgIpc) is 2.58. The summed E-state index contributed by atoms with van der Waals surface area (Å²) < 4.78 is 22.9. The molecule has 0 aliphatic rings. The molecule has 0 aliphatic heterocycles. The minimum Gasteiger partial charge on any atom is -0.380 e. The minimum atomic E-state index is -3.20. The van der Waals surface area contributed by atoms with E-state index in [4.69, 9.17) is 5.21 Å². The van der Waals surface area contributed by atoms with Crippen LogP contribution in [0.1, 0.15) is 11.1 Å². The SMILES string of the molecule is CS(=O)(=O)c1ccc(CNc2ccccc2/C=C/C(=O)NO)cc1. The molecule has 6 nitrogen and oxygen atoms in total. The summed E-state index contributed by atoms with van der Waals surface area (Å²) in [5.41, 5.74) is 4.06. The number of amides is 1. The van der Waals surface area contributed by atoms with E-state index in [2.05, 4.69) is 5.32 Å². The topological polar surface area (TPSA) is 95.5 Å². The predicted molar refractivity (Wildman–Crippen MR) is 92.3 cm³/mol. The average molecular weight is 346 g/mol. The molecule has 126 valence electrons. The fourth-order valence-electron chi connectivity index (χ4n) is 2.06. The first kappa shape index (κ1) is 17.7. The van der Waals surface area contributed by atoms with Crippen molar-refractivity contribution in [1.82, 2.24) is 5.48 Å². The van der Waals surface area contributed by atoms with Gasteiger partial charge < -0.3 is 5.32 Å². The van der Waals surface area contributed by atoms with E-state index in [-0.39, 0.29) is 4.90 Å². The first-order valence-electron chi connectivity index (χ1n) is 7.14. The monoisotopic (exact) mass is 346 g/mol. The highest BCUT2D eigenvalue weighted by Gasteiger charge is 2.06. The van der Waals surface area contributed by atoms with Gasteiger partial charge in [0.2, 0.25) is 0 Å². The maximum atomic E-state index is 11.4. The van der Waals surface area contributed by atoms with Crippen molar-refractivity contribution >= 4 is 27.5 Å². The number of hydrogen-bond acceptors (Lipinski definition) is 5. The van der Waals surface area contributed by atoms with E-state index in [1.807, 2.05) is 24.3 Å². The molecule has 24 heavy (non-hydrogen) atoms. The summed E-state index contributed by atoms with van der Waals surface area (Å²) in [5.74, 6) is -0.610. The number of hydroxylamine groups is 1. The Hall–Kier alpha value is -2.64. The van der Waals surface area contributed by atoms with Gasteiger partial charge in [-0.3, -0.25) is 10.0 Å². The van der Waals surface area contributed by atoms with Crippen LogP contribution in [0.25, 0.3) is 6.08 Å². The summed E-state index contributed by atoms with van der Waals surface area (Å²) in [6.45, 7) is 0.501. The van der Waals surface area contributed by atoms with Gasteiger partial charge in [-0.1, -0.05) is 30.3 Å². The smallest absolute Gasteiger partial charge is 0.267 e. The van der Waals surface area contributed by atoms with Crippen molar-refractivity contribution in [3.8, 4) is 0 Å². The molecule has 0 radical (unpaired) electrons. The lowest BCUT2D eigenvalue weighted by atomic mass is 10.1. The Bertz CT molecular complexity index is 843. The Morgan fingerprint density at radius 2 is 1.79 bits per heavy atom. The van der Waals surface area contributed by atoms with Crippen molar-refractivity contribution in [2.45, 2.75) is 11.4 Å². The summed E-state index contributed by atoms with van der Waals surface area (Å²) in [7, 11) is -3.20. The number of para-hydroxylation sites is 1. The van der Waals surface area contributed by atoms with E-state index < -0.39 is 15.7 Å². The highest BCUT2D eigenvalue weighted by atomic mass is 32.2. The number of anilines is 1. The summed E-state index contributed by atoms with van der Waals surface area (Å²) in [5, 5.41) is 11.7. The van der Waals surface area contributed by atoms with Gasteiger partial charge in [0.25, 0.3) is 5.91 Å². The predicted octanol–water partition coefficient (Wildman–Crippen LogP) is 2.22. The van der Waals surface area contributed by atoms with Gasteiger partial charge in [-0.2, -0.15) is 0 Å². The summed E-state index contributed by atoms with van der Waals surface area (Å²) >= 11 is 0. The van der Waals surface area contributed by atoms with Crippen LogP contribution in [0.5, 0.6) is 0 Å². The molecule has 0 unspecified atom stereocenters. The van der Waals surface area contributed by atoms with Crippen LogP contribution >= 0.6 is 0 Å². The molecule has 7 heteroatoms. The van der Waals surface area contributed by atoms with Crippen molar-refractivity contribution in [2.24, 2.45) is 0 Å². The Morgan fingerprint density at radius 3 is 2.42 bits per heavy atom. The van der Waals surface area contributed by atoms with Crippen molar-refractivity contribution < 1.29 is 18.4 Å². The third-order valence-electron chi connectivity index (χ3n) is 3.32. The van der Waals surface area contributed by atoms with Gasteiger partial charge in [0.15, 0.2) is 9.84 Å². The van der Waals surface area contributed by atoms with Crippen LogP contribution < -0.4 is 10.8 Å². The molecule has 0 heterocycles. The Balaban J connectivity index is 2.09. The first-order valence-corrected chi connectivity index (χ1v) is 9.03. The molecular weight excluding hydrogens is 328 g/mol. The summed E-state index contributed by atoms with van der Waals surface area (Å²) in [6.07, 6.45) is 3.98. The van der Waals surface area contributed by atoms with Crippen molar-refractivity contribution in [3.05, 3.63) is 65.7 Å². The number of sulfone groups is 1. The summed E-state index contributed by atoms with van der Waals surface area (Å²) in [4.78, 5) is 11.4. The molecule has 2 aromatic rings. The molecule has 1 amide bonds. The van der Waals surface area contributed by atoms with Gasteiger partial charge in [-0.25, -0.2) is 13.9 Å². The van der Waals surface area contributed by atoms with Crippen LogP contribution in [0.15, 0.2) is 59.5 Å². The molecule has 0 aromatic heterocycles. The highest BCUT2D eigenvalue weighted by Crippen LogP contribution is 2.18. The molecule has 3 N–H and O–H groups in total. The van der Waals surface area contributed by atoms with E-state index in [9.17, 15) is 13.2 Å². The second-order valence-corrected chi connectivity index (χ2v) is 7.18. The number of carbonyl (C=O) groups is 1. The van der Waals surface area contributed by atoms with E-state index >= 15 is 0 Å². The molecule has 0 bridgehead atoms. The van der Waals surface area contributed by atoms with Crippen LogP contribution in [0, 0.1) is 0 Å². The molecule has 0 fully saturated rings. The summed E-state index contributed by atoms with van der Waals surface area (Å²) in [6, 6.07) is 14.0. The fourth-order valence-corrected chi connectivity index (χ4v) is 2.69. The van der Waals surface area contributed by atoms with Crippen molar-refractivity contribution in [3.63, 3.8) is 0 Å². The number of benzene rings is 2. The van der Waals surface area contributed by atoms with Gasteiger partial charge in [0.1, 0.15) is 0 Å². The lowest BCUT2D eigenvalue weighted by Gasteiger charge is -2.10. The lowest BCUT2D eigenvalue weighted by Crippen LogP contribution is -2.14. The molecule has 0 saturated heterocycles. The van der Waals surface area contributed by atoms with E-state index in [0.717, 1.165) is 16.8 Å². The second kappa shape index (κ2) is 7.76. The van der Waals surface area contributed by atoms with E-state index in [1.165, 1.54) is 17.8 Å². The van der Waals surface area contributed by atoms with Crippen LogP contribution in [-0.4, -0.2) is 25.8 Å². The van der Waals surface area contributed by atoms with Gasteiger partial charge in [-0.15, -0.1) is 0 Å². The van der Waals surface area contributed by atoms with Gasteiger partial charge in [0.05, 0.1) is 4.90 Å². The molecular formula is C17H18N2O4S. The maximum Gasteiger partial charge on any atom is 0.267 e. The third kappa shape index (κ3) is 4.94. The van der Waals surface area contributed by atoms with Crippen LogP contribution in [0.4, 0.5) is 5.69 Å². The van der Waals surface area contributed by atoms with Crippen molar-refractivity contribution in [1.29, 1.82) is 0 Å². The fraction of sp³-hybridized carbons (Fsp3) is 0.118. The zero-order valence-corrected chi connectivity index (χ0v) is 13.9. The number of carbonyl (C=O) groups excluding carboxylic acids is 1. The maximum absolute atomic E-state index is 11.4. The molecule has 2 rings (SSSR count). The molecule has 2 aromatic carbocycles. The van der Waals surface area contributed by atoms with Gasteiger partial charge in [-0.05, 0) is 35.4 Å². The quantitative estimate of drug-likeness (QED) is 0.423. The second-order valence-electron chi connectivity index (χ2n) is 5.17. The van der Waals surface area contributed by atoms with Crippen LogP contribution in [-0.2, 0) is 21.2 Å². The standard InChI is InChI=1S/C17H18N2O4S/c1-24(22,23)15-9-6-13(7-10-15)12-18-16-5-3-2-4-14(16)8-11-17(20)19-21/h2-11,18,21H,12H2,1H3,(H,19,20)/b11-8+. The molecule has 0 aliphatic carbocycles. The number of nitrogens with one attached hydrogen (secondary N) is 2. The number of rotatable bonds is 6. The van der Waals surface area contributed by atoms with E-state index in [1.54, 1.807) is 30.3 Å². The Labute approximate surface area is 140 Å². The largest absolute Gasteiger partial charge is 0.380 e. The zero-order valence-electron chi connectivity index (χ0n) is 13.1. The molecule has 0 atom stereocenters. The Morgan fingerprint density at radius 1 is 1.12 bits per heavy atom. The zero-order chi connectivity index (χ0) is 17.6. The molecule has 0 spiro atoms. The van der Waals surface area contributed by atoms with Crippen LogP contribution in [0.3, 0.4) is 0 Å². The molecule has 0 saturated carbocycles. The van der Waals surface area contributed by atoms with Gasteiger partial charge in [0, 0.05) is 24.6 Å².